The van der Waals surface area contributed by atoms with E-state index < -0.39 is 0 Å². The average molecular weight is 458 g/mol. The summed E-state index contributed by atoms with van der Waals surface area (Å²) < 4.78 is 2.43. The molecule has 6 nitrogen and oxygen atoms in total. The van der Waals surface area contributed by atoms with Crippen molar-refractivity contribution in [2.75, 3.05) is 18.9 Å². The second-order valence-electron chi connectivity index (χ2n) is 6.64. The molecule has 0 spiro atoms. The number of hydrogen-bond acceptors (Lipinski definition) is 5. The van der Waals surface area contributed by atoms with Gasteiger partial charge in [-0.25, -0.2) is 4.68 Å². The van der Waals surface area contributed by atoms with E-state index in [9.17, 15) is 4.79 Å². The summed E-state index contributed by atoms with van der Waals surface area (Å²) in [6, 6.07) is 15.5. The quantitative estimate of drug-likeness (QED) is 0.463. The Balaban J connectivity index is 1.42. The molecule has 0 unspecified atom stereocenters. The highest BCUT2D eigenvalue weighted by atomic mass is 79.9. The Morgan fingerprint density at radius 3 is 2.50 bits per heavy atom. The largest absolute Gasteiger partial charge is 0.339 e. The van der Waals surface area contributed by atoms with Gasteiger partial charge in [0.15, 0.2) is 5.82 Å². The van der Waals surface area contributed by atoms with Gasteiger partial charge in [0.2, 0.25) is 5.16 Å². The highest BCUT2D eigenvalue weighted by Crippen LogP contribution is 2.29. The molecule has 0 radical (unpaired) electrons. The van der Waals surface area contributed by atoms with Crippen LogP contribution in [0.2, 0.25) is 0 Å². The zero-order chi connectivity index (χ0) is 19.5. The van der Waals surface area contributed by atoms with E-state index >= 15 is 0 Å². The van der Waals surface area contributed by atoms with Gasteiger partial charge in [-0.05, 0) is 42.7 Å². The van der Waals surface area contributed by atoms with Crippen molar-refractivity contribution in [3.05, 3.63) is 64.1 Å². The van der Waals surface area contributed by atoms with Crippen molar-refractivity contribution in [3.8, 4) is 11.4 Å². The molecular weight excluding hydrogens is 438 g/mol. The number of carbonyl (C=O) groups excluding carboxylic acids is 1. The minimum atomic E-state index is 0.122. The summed E-state index contributed by atoms with van der Waals surface area (Å²) in [7, 11) is 0. The number of halogens is 1. The van der Waals surface area contributed by atoms with Gasteiger partial charge in [0.05, 0.1) is 0 Å². The summed E-state index contributed by atoms with van der Waals surface area (Å²) in [4.78, 5) is 14.3. The maximum absolute atomic E-state index is 12.4. The number of nitrogen functional groups attached to an aromatic ring is 1. The molecule has 4 rings (SSSR count). The van der Waals surface area contributed by atoms with E-state index in [1.54, 1.807) is 0 Å². The lowest BCUT2D eigenvalue weighted by Gasteiger charge is -2.15. The smallest absolute Gasteiger partial charge is 0.253 e. The maximum Gasteiger partial charge on any atom is 0.253 e. The molecule has 1 fully saturated rings. The normalized spacial score (nSPS) is 13.8. The minimum Gasteiger partial charge on any atom is -0.339 e. The molecule has 3 aromatic rings. The number of likely N-dealkylation sites (tertiary alicyclic amines) is 1. The third-order valence-electron chi connectivity index (χ3n) is 4.74. The Labute approximate surface area is 176 Å². The summed E-state index contributed by atoms with van der Waals surface area (Å²) >= 11 is 5.04. The molecule has 28 heavy (non-hydrogen) atoms. The molecule has 0 aliphatic carbocycles. The van der Waals surface area contributed by atoms with E-state index in [0.29, 0.717) is 16.7 Å². The Morgan fingerprint density at radius 2 is 1.79 bits per heavy atom. The third-order valence-corrected chi connectivity index (χ3v) is 6.45. The molecule has 0 bridgehead atoms. The van der Waals surface area contributed by atoms with Crippen molar-refractivity contribution in [2.24, 2.45) is 0 Å². The highest BCUT2D eigenvalue weighted by molar-refractivity contribution is 9.10. The first kappa shape index (κ1) is 19.0. The fourth-order valence-corrected chi connectivity index (χ4v) is 4.47. The van der Waals surface area contributed by atoms with Crippen LogP contribution in [0.1, 0.15) is 28.8 Å². The first-order valence-electron chi connectivity index (χ1n) is 9.10. The third kappa shape index (κ3) is 3.93. The van der Waals surface area contributed by atoms with E-state index in [4.69, 9.17) is 5.84 Å². The van der Waals surface area contributed by atoms with Crippen molar-refractivity contribution in [1.82, 2.24) is 19.8 Å². The number of amides is 1. The predicted octanol–water partition coefficient (Wildman–Crippen LogP) is 3.95. The monoisotopic (exact) mass is 457 g/mol. The SMILES string of the molecule is Nn1c(SCc2ccc(C(=O)N3CCCC3)cc2)nnc1-c1ccccc1Br. The van der Waals surface area contributed by atoms with Crippen LogP contribution in [-0.4, -0.2) is 38.8 Å². The van der Waals surface area contributed by atoms with Gasteiger partial charge >= 0.3 is 0 Å². The number of benzene rings is 2. The number of rotatable bonds is 5. The van der Waals surface area contributed by atoms with Gasteiger partial charge in [-0.15, -0.1) is 10.2 Å². The van der Waals surface area contributed by atoms with E-state index in [0.717, 1.165) is 47.1 Å². The predicted molar refractivity (Wildman–Crippen MR) is 114 cm³/mol. The molecule has 8 heteroatoms. The lowest BCUT2D eigenvalue weighted by molar-refractivity contribution is 0.0793. The molecule has 1 aliphatic rings. The van der Waals surface area contributed by atoms with Gasteiger partial charge in [0.1, 0.15) is 0 Å². The Morgan fingerprint density at radius 1 is 1.07 bits per heavy atom. The molecule has 2 N–H and O–H groups in total. The second kappa shape index (κ2) is 8.36. The van der Waals surface area contributed by atoms with Gasteiger partial charge in [-0.1, -0.05) is 52.0 Å². The lowest BCUT2D eigenvalue weighted by Crippen LogP contribution is -2.27. The van der Waals surface area contributed by atoms with Gasteiger partial charge in [0, 0.05) is 34.4 Å². The Hall–Kier alpha value is -2.32. The average Bonchev–Trinajstić information content (AvgIpc) is 3.37. The topological polar surface area (TPSA) is 77.0 Å². The molecule has 0 atom stereocenters. The summed E-state index contributed by atoms with van der Waals surface area (Å²) in [6.45, 7) is 1.73. The fraction of sp³-hybridized carbons (Fsp3) is 0.250. The van der Waals surface area contributed by atoms with E-state index in [1.165, 1.54) is 16.4 Å². The summed E-state index contributed by atoms with van der Waals surface area (Å²) in [5, 5.41) is 9.08. The number of thioether (sulfide) groups is 1. The van der Waals surface area contributed by atoms with Crippen molar-refractivity contribution < 1.29 is 4.79 Å². The highest BCUT2D eigenvalue weighted by Gasteiger charge is 2.19. The lowest BCUT2D eigenvalue weighted by atomic mass is 10.1. The van der Waals surface area contributed by atoms with Crippen LogP contribution in [0, 0.1) is 0 Å². The van der Waals surface area contributed by atoms with Crippen LogP contribution in [0.25, 0.3) is 11.4 Å². The van der Waals surface area contributed by atoms with Crippen LogP contribution < -0.4 is 5.84 Å². The molecule has 1 saturated heterocycles. The van der Waals surface area contributed by atoms with Gasteiger partial charge in [-0.3, -0.25) is 4.79 Å². The standard InChI is InChI=1S/C20H20BrN5OS/c21-17-6-2-1-5-16(17)18-23-24-20(26(18)22)28-13-14-7-9-15(10-8-14)19(27)25-11-3-4-12-25/h1-2,5-10H,3-4,11-13,22H2. The molecule has 2 heterocycles. The van der Waals surface area contributed by atoms with Crippen LogP contribution in [0.5, 0.6) is 0 Å². The molecule has 0 saturated carbocycles. The van der Waals surface area contributed by atoms with Crippen LogP contribution >= 0.6 is 27.7 Å². The van der Waals surface area contributed by atoms with E-state index in [1.807, 2.05) is 53.4 Å². The molecule has 2 aromatic carbocycles. The number of aromatic nitrogens is 3. The van der Waals surface area contributed by atoms with Crippen molar-refractivity contribution >= 4 is 33.6 Å². The zero-order valence-corrected chi connectivity index (χ0v) is 17.6. The van der Waals surface area contributed by atoms with Gasteiger partial charge in [0.25, 0.3) is 5.91 Å². The zero-order valence-electron chi connectivity index (χ0n) is 15.2. The van der Waals surface area contributed by atoms with Crippen molar-refractivity contribution in [3.63, 3.8) is 0 Å². The molecular formula is C20H20BrN5OS. The van der Waals surface area contributed by atoms with E-state index in [2.05, 4.69) is 26.1 Å². The van der Waals surface area contributed by atoms with E-state index in [-0.39, 0.29) is 5.91 Å². The number of hydrogen-bond donors (Lipinski definition) is 1. The van der Waals surface area contributed by atoms with Crippen molar-refractivity contribution in [1.29, 1.82) is 0 Å². The second-order valence-corrected chi connectivity index (χ2v) is 8.44. The first-order valence-corrected chi connectivity index (χ1v) is 10.9. The number of nitrogens with two attached hydrogens (primary N) is 1. The fourth-order valence-electron chi connectivity index (χ4n) is 3.20. The molecule has 1 aliphatic heterocycles. The summed E-state index contributed by atoms with van der Waals surface area (Å²) in [5.74, 6) is 7.63. The van der Waals surface area contributed by atoms with Crippen LogP contribution in [0.3, 0.4) is 0 Å². The minimum absolute atomic E-state index is 0.122. The number of nitrogens with zero attached hydrogens (tertiary/aromatic N) is 4. The van der Waals surface area contributed by atoms with Crippen LogP contribution in [0.15, 0.2) is 58.2 Å². The number of carbonyl (C=O) groups is 1. The Kier molecular flexibility index (Phi) is 5.68. The van der Waals surface area contributed by atoms with Crippen molar-refractivity contribution in [2.45, 2.75) is 23.8 Å². The summed E-state index contributed by atoms with van der Waals surface area (Å²) in [5.41, 5.74) is 2.75. The molecule has 1 aromatic heterocycles. The molecule has 144 valence electrons. The van der Waals surface area contributed by atoms with Crippen LogP contribution in [0.4, 0.5) is 0 Å². The van der Waals surface area contributed by atoms with Crippen LogP contribution in [-0.2, 0) is 5.75 Å². The first-order chi connectivity index (χ1) is 13.6. The van der Waals surface area contributed by atoms with Gasteiger partial charge in [-0.2, -0.15) is 0 Å². The maximum atomic E-state index is 12.4. The molecule has 1 amide bonds. The summed E-state index contributed by atoms with van der Waals surface area (Å²) in [6.07, 6.45) is 2.20. The Bertz CT molecular complexity index is 983. The van der Waals surface area contributed by atoms with Gasteiger partial charge < -0.3 is 10.7 Å².